The molecular formula is C23H22N2O4. The first-order valence-electron chi connectivity index (χ1n) is 9.66. The van der Waals surface area contributed by atoms with E-state index < -0.39 is 5.91 Å². The lowest BCUT2D eigenvalue weighted by atomic mass is 9.85. The Morgan fingerprint density at radius 2 is 1.66 bits per heavy atom. The molecule has 2 aromatic carbocycles. The Labute approximate surface area is 169 Å². The molecule has 1 saturated heterocycles. The van der Waals surface area contributed by atoms with Gasteiger partial charge in [-0.2, -0.15) is 0 Å². The van der Waals surface area contributed by atoms with Gasteiger partial charge in [-0.3, -0.25) is 19.3 Å². The van der Waals surface area contributed by atoms with Gasteiger partial charge in [-0.25, -0.2) is 0 Å². The molecule has 2 aromatic rings. The molecule has 4 rings (SSSR count). The van der Waals surface area contributed by atoms with Crippen LogP contribution in [-0.2, 0) is 14.4 Å². The van der Waals surface area contributed by atoms with Gasteiger partial charge in [0.25, 0.3) is 0 Å². The number of likely N-dealkylation sites (tertiary alicyclic amines) is 1. The average Bonchev–Trinajstić information content (AvgIpc) is 2.95. The molecule has 1 fully saturated rings. The summed E-state index contributed by atoms with van der Waals surface area (Å²) in [4.78, 5) is 38.4. The van der Waals surface area contributed by atoms with Crippen LogP contribution in [0.15, 0.2) is 60.7 Å². The predicted molar refractivity (Wildman–Crippen MR) is 108 cm³/mol. The zero-order chi connectivity index (χ0) is 20.4. The Bertz CT molecular complexity index is 955. The number of fused-ring (bicyclic) bond motifs is 1. The van der Waals surface area contributed by atoms with Crippen LogP contribution in [0.25, 0.3) is 0 Å². The predicted octanol–water partition coefficient (Wildman–Crippen LogP) is 3.68. The van der Waals surface area contributed by atoms with Crippen LogP contribution < -0.4 is 10.1 Å². The number of amides is 3. The Balaban J connectivity index is 1.35. The van der Waals surface area contributed by atoms with E-state index in [1.54, 1.807) is 24.3 Å². The van der Waals surface area contributed by atoms with E-state index in [0.29, 0.717) is 24.3 Å². The second-order valence-electron chi connectivity index (χ2n) is 7.41. The molecule has 1 N–H and O–H groups in total. The van der Waals surface area contributed by atoms with Crippen molar-refractivity contribution in [2.75, 3.05) is 11.9 Å². The van der Waals surface area contributed by atoms with E-state index in [4.69, 9.17) is 4.74 Å². The molecule has 0 radical (unpaired) electrons. The molecule has 0 bridgehead atoms. The van der Waals surface area contributed by atoms with Crippen molar-refractivity contribution >= 4 is 23.4 Å². The van der Waals surface area contributed by atoms with E-state index in [-0.39, 0.29) is 30.2 Å². The lowest BCUT2D eigenvalue weighted by Crippen LogP contribution is -2.38. The third-order valence-electron chi connectivity index (χ3n) is 5.26. The van der Waals surface area contributed by atoms with Crippen molar-refractivity contribution in [3.05, 3.63) is 66.2 Å². The van der Waals surface area contributed by atoms with Gasteiger partial charge >= 0.3 is 0 Å². The molecule has 1 aliphatic carbocycles. The summed E-state index contributed by atoms with van der Waals surface area (Å²) >= 11 is 0. The zero-order valence-corrected chi connectivity index (χ0v) is 16.1. The van der Waals surface area contributed by atoms with Crippen molar-refractivity contribution in [1.29, 1.82) is 0 Å². The number of imide groups is 1. The van der Waals surface area contributed by atoms with Crippen LogP contribution in [0, 0.1) is 18.8 Å². The second-order valence-corrected chi connectivity index (χ2v) is 7.41. The van der Waals surface area contributed by atoms with Crippen molar-refractivity contribution in [2.24, 2.45) is 11.8 Å². The van der Waals surface area contributed by atoms with Crippen LogP contribution in [0.5, 0.6) is 11.5 Å². The summed E-state index contributed by atoms with van der Waals surface area (Å²) in [7, 11) is 0. The summed E-state index contributed by atoms with van der Waals surface area (Å²) in [5.74, 6) is -0.149. The highest BCUT2D eigenvalue weighted by molar-refractivity contribution is 6.08. The molecule has 2 aliphatic rings. The molecular weight excluding hydrogens is 368 g/mol. The molecule has 6 heteroatoms. The van der Waals surface area contributed by atoms with Crippen LogP contribution in [0.3, 0.4) is 0 Å². The topological polar surface area (TPSA) is 75.7 Å². The number of benzene rings is 2. The summed E-state index contributed by atoms with van der Waals surface area (Å²) in [6.45, 7) is 1.74. The first-order valence-corrected chi connectivity index (χ1v) is 9.66. The molecule has 6 nitrogen and oxygen atoms in total. The number of rotatable bonds is 5. The van der Waals surface area contributed by atoms with Crippen molar-refractivity contribution in [2.45, 2.75) is 19.8 Å². The smallest absolute Gasteiger partial charge is 0.244 e. The summed E-state index contributed by atoms with van der Waals surface area (Å²) in [5.41, 5.74) is 1.68. The van der Waals surface area contributed by atoms with Gasteiger partial charge in [0, 0.05) is 5.69 Å². The van der Waals surface area contributed by atoms with E-state index >= 15 is 0 Å². The summed E-state index contributed by atoms with van der Waals surface area (Å²) in [6, 6.07) is 14.7. The Kier molecular flexibility index (Phi) is 5.16. The van der Waals surface area contributed by atoms with Gasteiger partial charge in [-0.05, 0) is 61.7 Å². The molecule has 3 amide bonds. The highest BCUT2D eigenvalue weighted by atomic mass is 16.5. The summed E-state index contributed by atoms with van der Waals surface area (Å²) in [6.07, 6.45) is 4.98. The van der Waals surface area contributed by atoms with Gasteiger partial charge in [0.1, 0.15) is 18.0 Å². The Morgan fingerprint density at radius 3 is 2.28 bits per heavy atom. The van der Waals surface area contributed by atoms with Crippen molar-refractivity contribution in [1.82, 2.24) is 4.90 Å². The van der Waals surface area contributed by atoms with Crippen LogP contribution in [0.2, 0.25) is 0 Å². The van der Waals surface area contributed by atoms with Crippen LogP contribution in [0.4, 0.5) is 5.69 Å². The zero-order valence-electron chi connectivity index (χ0n) is 16.1. The van der Waals surface area contributed by atoms with E-state index in [1.807, 2.05) is 43.3 Å². The largest absolute Gasteiger partial charge is 0.457 e. The number of carbonyl (C=O) groups excluding carboxylic acids is 3. The normalized spacial score (nSPS) is 20.5. The minimum atomic E-state index is -0.398. The molecule has 1 heterocycles. The first kappa shape index (κ1) is 18.9. The maximum absolute atomic E-state index is 12.5. The fourth-order valence-electron chi connectivity index (χ4n) is 3.79. The molecule has 0 saturated carbocycles. The van der Waals surface area contributed by atoms with Gasteiger partial charge in [0.15, 0.2) is 0 Å². The van der Waals surface area contributed by atoms with Crippen molar-refractivity contribution < 1.29 is 19.1 Å². The third-order valence-corrected chi connectivity index (χ3v) is 5.26. The SMILES string of the molecule is Cc1cccc(Oc2ccc(NC(=O)CN3C(=O)[C@@H]4CC=CC[C@H]4C3=O)cc2)c1. The molecule has 0 aromatic heterocycles. The lowest BCUT2D eigenvalue weighted by Gasteiger charge is -2.14. The highest BCUT2D eigenvalue weighted by Crippen LogP contribution is 2.34. The van der Waals surface area contributed by atoms with Crippen molar-refractivity contribution in [3.8, 4) is 11.5 Å². The molecule has 1 aliphatic heterocycles. The summed E-state index contributed by atoms with van der Waals surface area (Å²) < 4.78 is 5.79. The average molecular weight is 390 g/mol. The second kappa shape index (κ2) is 7.91. The Morgan fingerprint density at radius 1 is 1.00 bits per heavy atom. The van der Waals surface area contributed by atoms with Crippen LogP contribution in [0.1, 0.15) is 18.4 Å². The van der Waals surface area contributed by atoms with Gasteiger partial charge in [0.2, 0.25) is 17.7 Å². The maximum atomic E-state index is 12.5. The fraction of sp³-hybridized carbons (Fsp3) is 0.261. The summed E-state index contributed by atoms with van der Waals surface area (Å²) in [5, 5.41) is 2.74. The van der Waals surface area contributed by atoms with Gasteiger partial charge in [0.05, 0.1) is 11.8 Å². The minimum absolute atomic E-state index is 0.249. The lowest BCUT2D eigenvalue weighted by molar-refractivity contribution is -0.142. The van der Waals surface area contributed by atoms with Gasteiger partial charge in [-0.1, -0.05) is 24.3 Å². The first-order chi connectivity index (χ1) is 14.0. The highest BCUT2D eigenvalue weighted by Gasteiger charge is 2.47. The van der Waals surface area contributed by atoms with E-state index in [1.165, 1.54) is 0 Å². The minimum Gasteiger partial charge on any atom is -0.457 e. The quantitative estimate of drug-likeness (QED) is 0.624. The van der Waals surface area contributed by atoms with E-state index in [2.05, 4.69) is 5.32 Å². The van der Waals surface area contributed by atoms with Gasteiger partial charge < -0.3 is 10.1 Å². The van der Waals surface area contributed by atoms with Crippen LogP contribution >= 0.6 is 0 Å². The molecule has 0 unspecified atom stereocenters. The number of hydrogen-bond acceptors (Lipinski definition) is 4. The molecule has 29 heavy (non-hydrogen) atoms. The number of allylic oxidation sites excluding steroid dienone is 2. The number of hydrogen-bond donors (Lipinski definition) is 1. The van der Waals surface area contributed by atoms with Crippen LogP contribution in [-0.4, -0.2) is 29.2 Å². The number of aryl methyl sites for hydroxylation is 1. The van der Waals surface area contributed by atoms with E-state index in [9.17, 15) is 14.4 Å². The third kappa shape index (κ3) is 4.06. The number of anilines is 1. The standard InChI is InChI=1S/C23H22N2O4/c1-15-5-4-6-18(13-15)29-17-11-9-16(10-12-17)24-21(26)14-25-22(27)19-7-2-3-8-20(19)23(25)28/h2-6,9-13,19-20H,7-8,14H2,1H3,(H,24,26)/t19-,20-/m1/s1. The Hall–Kier alpha value is -3.41. The number of carbonyl (C=O) groups is 3. The molecule has 2 atom stereocenters. The monoisotopic (exact) mass is 390 g/mol. The number of ether oxygens (including phenoxy) is 1. The molecule has 0 spiro atoms. The number of nitrogens with one attached hydrogen (secondary N) is 1. The van der Waals surface area contributed by atoms with Gasteiger partial charge in [-0.15, -0.1) is 0 Å². The maximum Gasteiger partial charge on any atom is 0.244 e. The molecule has 148 valence electrons. The van der Waals surface area contributed by atoms with E-state index in [0.717, 1.165) is 16.2 Å². The number of nitrogens with zero attached hydrogens (tertiary/aromatic N) is 1. The van der Waals surface area contributed by atoms with Crippen molar-refractivity contribution in [3.63, 3.8) is 0 Å². The fourth-order valence-corrected chi connectivity index (χ4v) is 3.79.